The van der Waals surface area contributed by atoms with E-state index < -0.39 is 0 Å². The molecular weight excluding hydrogens is 274 g/mol. The number of nitrogens with two attached hydrogens (primary N) is 1. The molecule has 2 aromatic rings. The minimum absolute atomic E-state index is 0.0460. The van der Waals surface area contributed by atoms with E-state index in [1.807, 2.05) is 32.0 Å². The number of ether oxygens (including phenoxy) is 1. The summed E-state index contributed by atoms with van der Waals surface area (Å²) >= 11 is 1.44. The van der Waals surface area contributed by atoms with Crippen LogP contribution < -0.4 is 15.8 Å². The molecule has 0 saturated carbocycles. The molecule has 0 radical (unpaired) electrons. The van der Waals surface area contributed by atoms with Crippen LogP contribution in [0.2, 0.25) is 0 Å². The fraction of sp³-hybridized carbons (Fsp3) is 0.286. The zero-order valence-corrected chi connectivity index (χ0v) is 12.5. The van der Waals surface area contributed by atoms with E-state index in [1.54, 1.807) is 7.11 Å². The summed E-state index contributed by atoms with van der Waals surface area (Å²) in [7, 11) is 1.65. The van der Waals surface area contributed by atoms with Crippen molar-refractivity contribution in [3.8, 4) is 17.0 Å². The molecule has 0 fully saturated rings. The quantitative estimate of drug-likeness (QED) is 0.906. The minimum Gasteiger partial charge on any atom is -0.496 e. The van der Waals surface area contributed by atoms with Gasteiger partial charge in [-0.05, 0) is 37.6 Å². The molecule has 1 heterocycles. The summed E-state index contributed by atoms with van der Waals surface area (Å²) in [6.07, 6.45) is 0. The number of hydrogen-bond donors (Lipinski definition) is 2. The van der Waals surface area contributed by atoms with Gasteiger partial charge in [0, 0.05) is 10.4 Å². The smallest absolute Gasteiger partial charge is 0.239 e. The molecule has 1 aromatic heterocycles. The molecule has 0 aliphatic rings. The first-order valence-electron chi connectivity index (χ1n) is 6.17. The van der Waals surface area contributed by atoms with Crippen LogP contribution >= 0.6 is 11.3 Å². The molecule has 0 bridgehead atoms. The van der Waals surface area contributed by atoms with Gasteiger partial charge >= 0.3 is 0 Å². The number of aromatic nitrogens is 1. The Morgan fingerprint density at radius 3 is 2.80 bits per heavy atom. The van der Waals surface area contributed by atoms with Crippen molar-refractivity contribution in [2.75, 3.05) is 19.0 Å². The van der Waals surface area contributed by atoms with Crippen molar-refractivity contribution in [2.24, 2.45) is 5.73 Å². The normalized spacial score (nSPS) is 10.4. The standard InChI is InChI=1S/C14H17N3O2S/c1-8-6-10(4-5-11(8)19-3)13-9(2)20-14(17-13)16-12(18)7-15/h4-6H,7,15H2,1-3H3,(H,16,17,18). The first-order valence-corrected chi connectivity index (χ1v) is 6.99. The molecule has 1 aromatic carbocycles. The Kier molecular flexibility index (Phi) is 4.36. The van der Waals surface area contributed by atoms with Crippen LogP contribution in [0.5, 0.6) is 5.75 Å². The van der Waals surface area contributed by atoms with E-state index in [1.165, 1.54) is 11.3 Å². The van der Waals surface area contributed by atoms with E-state index >= 15 is 0 Å². The summed E-state index contributed by atoms with van der Waals surface area (Å²) < 4.78 is 5.25. The molecule has 0 saturated heterocycles. The average Bonchev–Trinajstić information content (AvgIpc) is 2.79. The molecule has 5 nitrogen and oxygen atoms in total. The molecular formula is C14H17N3O2S. The van der Waals surface area contributed by atoms with Gasteiger partial charge in [0.25, 0.3) is 0 Å². The number of thiazole rings is 1. The van der Waals surface area contributed by atoms with Crippen molar-refractivity contribution < 1.29 is 9.53 Å². The predicted octanol–water partition coefficient (Wildman–Crippen LogP) is 2.33. The van der Waals surface area contributed by atoms with Crippen LogP contribution in [0.15, 0.2) is 18.2 Å². The molecule has 0 aliphatic carbocycles. The van der Waals surface area contributed by atoms with Crippen LogP contribution in [0, 0.1) is 13.8 Å². The van der Waals surface area contributed by atoms with Crippen molar-refractivity contribution in [3.05, 3.63) is 28.6 Å². The number of methoxy groups -OCH3 is 1. The van der Waals surface area contributed by atoms with E-state index in [9.17, 15) is 4.79 Å². The van der Waals surface area contributed by atoms with Gasteiger partial charge in [-0.25, -0.2) is 4.98 Å². The van der Waals surface area contributed by atoms with Gasteiger partial charge in [-0.2, -0.15) is 0 Å². The zero-order valence-electron chi connectivity index (χ0n) is 11.7. The second kappa shape index (κ2) is 6.02. The van der Waals surface area contributed by atoms with Crippen LogP contribution in [0.1, 0.15) is 10.4 Å². The van der Waals surface area contributed by atoms with E-state index in [4.69, 9.17) is 10.5 Å². The van der Waals surface area contributed by atoms with Crippen molar-refractivity contribution in [1.29, 1.82) is 0 Å². The number of carbonyl (C=O) groups is 1. The first kappa shape index (κ1) is 14.5. The number of carbonyl (C=O) groups excluding carboxylic acids is 1. The minimum atomic E-state index is -0.240. The van der Waals surface area contributed by atoms with E-state index in [0.29, 0.717) is 5.13 Å². The monoisotopic (exact) mass is 291 g/mol. The van der Waals surface area contributed by atoms with E-state index in [0.717, 1.165) is 27.4 Å². The highest BCUT2D eigenvalue weighted by molar-refractivity contribution is 7.16. The van der Waals surface area contributed by atoms with Crippen LogP contribution in [0.3, 0.4) is 0 Å². The Morgan fingerprint density at radius 1 is 1.45 bits per heavy atom. The fourth-order valence-corrected chi connectivity index (χ4v) is 2.77. The Morgan fingerprint density at radius 2 is 2.20 bits per heavy atom. The Balaban J connectivity index is 2.33. The topological polar surface area (TPSA) is 77.2 Å². The van der Waals surface area contributed by atoms with Crippen LogP contribution in [-0.4, -0.2) is 24.5 Å². The number of hydrogen-bond acceptors (Lipinski definition) is 5. The van der Waals surface area contributed by atoms with Crippen molar-refractivity contribution in [1.82, 2.24) is 4.98 Å². The van der Waals surface area contributed by atoms with E-state index in [-0.39, 0.29) is 12.5 Å². The maximum atomic E-state index is 11.3. The molecule has 3 N–H and O–H groups in total. The maximum Gasteiger partial charge on any atom is 0.239 e. The molecule has 0 atom stereocenters. The lowest BCUT2D eigenvalue weighted by molar-refractivity contribution is -0.114. The van der Waals surface area contributed by atoms with Gasteiger partial charge in [0.05, 0.1) is 19.3 Å². The molecule has 0 spiro atoms. The Labute approximate surface area is 121 Å². The lowest BCUT2D eigenvalue weighted by Gasteiger charge is -2.06. The summed E-state index contributed by atoms with van der Waals surface area (Å²) in [5, 5.41) is 3.25. The van der Waals surface area contributed by atoms with Gasteiger partial charge in [-0.15, -0.1) is 11.3 Å². The van der Waals surface area contributed by atoms with Crippen LogP contribution in [0.4, 0.5) is 5.13 Å². The lowest BCUT2D eigenvalue weighted by Crippen LogP contribution is -2.21. The maximum absolute atomic E-state index is 11.3. The van der Waals surface area contributed by atoms with Gasteiger partial charge in [0.2, 0.25) is 5.91 Å². The first-order chi connectivity index (χ1) is 9.55. The fourth-order valence-electron chi connectivity index (χ4n) is 1.91. The van der Waals surface area contributed by atoms with Crippen LogP contribution in [0.25, 0.3) is 11.3 Å². The number of benzene rings is 1. The number of rotatable bonds is 4. The van der Waals surface area contributed by atoms with Gasteiger partial charge in [-0.1, -0.05) is 0 Å². The second-order valence-corrected chi connectivity index (χ2v) is 5.56. The number of nitrogens with one attached hydrogen (secondary N) is 1. The predicted molar refractivity (Wildman–Crippen MR) is 81.3 cm³/mol. The highest BCUT2D eigenvalue weighted by atomic mass is 32.1. The summed E-state index contributed by atoms with van der Waals surface area (Å²) in [5.41, 5.74) is 8.20. The summed E-state index contributed by atoms with van der Waals surface area (Å²) in [5.74, 6) is 0.606. The molecule has 2 rings (SSSR count). The average molecular weight is 291 g/mol. The van der Waals surface area contributed by atoms with Gasteiger partial charge in [-0.3, -0.25) is 4.79 Å². The molecule has 1 amide bonds. The van der Waals surface area contributed by atoms with Gasteiger partial charge in [0.15, 0.2) is 5.13 Å². The molecule has 106 valence electrons. The number of anilines is 1. The molecule has 0 aliphatic heterocycles. The van der Waals surface area contributed by atoms with Crippen molar-refractivity contribution in [3.63, 3.8) is 0 Å². The molecule has 20 heavy (non-hydrogen) atoms. The third-order valence-corrected chi connectivity index (χ3v) is 3.78. The van der Waals surface area contributed by atoms with Crippen LogP contribution in [-0.2, 0) is 4.79 Å². The summed E-state index contributed by atoms with van der Waals surface area (Å²) in [6, 6.07) is 5.90. The Bertz CT molecular complexity index is 637. The third-order valence-electron chi connectivity index (χ3n) is 2.90. The SMILES string of the molecule is COc1ccc(-c2nc(NC(=O)CN)sc2C)cc1C. The number of nitrogens with zero attached hydrogens (tertiary/aromatic N) is 1. The van der Waals surface area contributed by atoms with Gasteiger partial charge < -0.3 is 15.8 Å². The van der Waals surface area contributed by atoms with Crippen molar-refractivity contribution >= 4 is 22.4 Å². The molecule has 0 unspecified atom stereocenters. The zero-order chi connectivity index (χ0) is 14.7. The van der Waals surface area contributed by atoms with E-state index in [2.05, 4.69) is 10.3 Å². The molecule has 6 heteroatoms. The van der Waals surface area contributed by atoms with Crippen molar-refractivity contribution in [2.45, 2.75) is 13.8 Å². The summed E-state index contributed by atoms with van der Waals surface area (Å²) in [4.78, 5) is 16.8. The largest absolute Gasteiger partial charge is 0.496 e. The number of aryl methyl sites for hydroxylation is 2. The second-order valence-electron chi connectivity index (χ2n) is 4.36. The Hall–Kier alpha value is -1.92. The highest BCUT2D eigenvalue weighted by Gasteiger charge is 2.12. The highest BCUT2D eigenvalue weighted by Crippen LogP contribution is 2.32. The van der Waals surface area contributed by atoms with Gasteiger partial charge in [0.1, 0.15) is 5.75 Å². The lowest BCUT2D eigenvalue weighted by atomic mass is 10.1. The third kappa shape index (κ3) is 2.97. The number of amides is 1. The summed E-state index contributed by atoms with van der Waals surface area (Å²) in [6.45, 7) is 3.92.